The fourth-order valence-corrected chi connectivity index (χ4v) is 7.83. The summed E-state index contributed by atoms with van der Waals surface area (Å²) >= 11 is 0. The standard InChI is InChI=1S/C50H37N3/c1-31-13-9-17-35(27-31)48-51-47(32-14-5-4-6-15-32)52-49(53-48)36-18-10-16-33(28-36)37-20-11-22-39-40-23-12-21-38(44(40)30-43(37)39)34-25-26-42-41-19-7-8-24-45(41)50(2,3)46(42)29-34/h4-29H,30H2,1-3H3/i4D,5D,6D,9D,10D,13D,14D,15D,16D,17D,18D,27D,28D. The highest BCUT2D eigenvalue weighted by Gasteiger charge is 2.35. The minimum atomic E-state index is -0.691. The minimum absolute atomic E-state index is 0.0192. The zero-order chi connectivity index (χ0) is 47.0. The van der Waals surface area contributed by atoms with Crippen LogP contribution < -0.4 is 0 Å². The summed E-state index contributed by atoms with van der Waals surface area (Å²) in [5, 5.41) is 0. The Labute approximate surface area is 329 Å². The second-order valence-corrected chi connectivity index (χ2v) is 13.8. The summed E-state index contributed by atoms with van der Waals surface area (Å²) in [5.41, 5.74) is 9.96. The van der Waals surface area contributed by atoms with Crippen molar-refractivity contribution in [2.75, 3.05) is 0 Å². The second kappa shape index (κ2) is 12.1. The molecule has 0 aliphatic heterocycles. The predicted molar refractivity (Wildman–Crippen MR) is 218 cm³/mol. The van der Waals surface area contributed by atoms with Crippen LogP contribution in [0.4, 0.5) is 0 Å². The van der Waals surface area contributed by atoms with Crippen LogP contribution in [0, 0.1) is 6.92 Å². The van der Waals surface area contributed by atoms with Crippen molar-refractivity contribution in [1.82, 2.24) is 15.0 Å². The Bertz CT molecular complexity index is 3350. The number of fused-ring (bicyclic) bond motifs is 6. The van der Waals surface area contributed by atoms with Gasteiger partial charge in [0, 0.05) is 22.1 Å². The summed E-state index contributed by atoms with van der Waals surface area (Å²) in [4.78, 5) is 13.4. The molecule has 53 heavy (non-hydrogen) atoms. The van der Waals surface area contributed by atoms with E-state index in [-0.39, 0.29) is 45.8 Å². The van der Waals surface area contributed by atoms with Gasteiger partial charge in [0.05, 0.1) is 17.8 Å². The van der Waals surface area contributed by atoms with Crippen molar-refractivity contribution in [2.24, 2.45) is 0 Å². The lowest BCUT2D eigenvalue weighted by Crippen LogP contribution is -2.14. The lowest BCUT2D eigenvalue weighted by atomic mass is 9.81. The normalized spacial score (nSPS) is 16.7. The third kappa shape index (κ3) is 5.15. The summed E-state index contributed by atoms with van der Waals surface area (Å²) in [7, 11) is 0. The third-order valence-corrected chi connectivity index (χ3v) is 10.3. The van der Waals surface area contributed by atoms with Crippen LogP contribution in [0.3, 0.4) is 0 Å². The molecule has 2 aliphatic carbocycles. The summed E-state index contributed by atoms with van der Waals surface area (Å²) < 4.78 is 114. The molecule has 0 atom stereocenters. The fraction of sp³-hybridized carbons (Fsp3) is 0.100. The van der Waals surface area contributed by atoms with Crippen molar-refractivity contribution >= 4 is 0 Å². The third-order valence-electron chi connectivity index (χ3n) is 10.3. The maximum atomic E-state index is 9.76. The van der Waals surface area contributed by atoms with Crippen molar-refractivity contribution in [3.63, 3.8) is 0 Å². The molecular weight excluding hydrogens is 643 g/mol. The molecule has 0 radical (unpaired) electrons. The first-order valence-electron chi connectivity index (χ1n) is 23.9. The van der Waals surface area contributed by atoms with E-state index in [1.807, 2.05) is 24.3 Å². The molecule has 0 N–H and O–H groups in total. The molecular formula is C50H37N3. The van der Waals surface area contributed by atoms with Gasteiger partial charge in [0.2, 0.25) is 0 Å². The van der Waals surface area contributed by atoms with E-state index in [1.54, 1.807) is 6.07 Å². The Hall–Kier alpha value is -6.45. The Morgan fingerprint density at radius 3 is 1.75 bits per heavy atom. The zero-order valence-electron chi connectivity index (χ0n) is 42.1. The van der Waals surface area contributed by atoms with Crippen molar-refractivity contribution in [3.8, 4) is 78.7 Å². The summed E-state index contributed by atoms with van der Waals surface area (Å²) in [5.74, 6) is -1.41. The first-order chi connectivity index (χ1) is 31.3. The highest BCUT2D eigenvalue weighted by Crippen LogP contribution is 2.51. The van der Waals surface area contributed by atoms with Gasteiger partial charge in [-0.25, -0.2) is 15.0 Å². The van der Waals surface area contributed by atoms with Gasteiger partial charge < -0.3 is 0 Å². The lowest BCUT2D eigenvalue weighted by Gasteiger charge is -2.22. The molecule has 1 aromatic heterocycles. The van der Waals surface area contributed by atoms with Gasteiger partial charge in [0.25, 0.3) is 0 Å². The first-order valence-corrected chi connectivity index (χ1v) is 17.4. The molecule has 252 valence electrons. The number of hydrogen-bond donors (Lipinski definition) is 0. The molecule has 0 fully saturated rings. The number of nitrogens with zero attached hydrogens (tertiary/aromatic N) is 3. The van der Waals surface area contributed by atoms with E-state index in [4.69, 9.17) is 13.7 Å². The minimum Gasteiger partial charge on any atom is -0.208 e. The summed E-state index contributed by atoms with van der Waals surface area (Å²) in [6.45, 7) is 5.90. The molecule has 3 heteroatoms. The van der Waals surface area contributed by atoms with Crippen LogP contribution in [-0.2, 0) is 11.8 Å². The van der Waals surface area contributed by atoms with Crippen LogP contribution in [-0.4, -0.2) is 15.0 Å². The maximum Gasteiger partial charge on any atom is 0.164 e. The maximum absolute atomic E-state index is 9.76. The number of aromatic nitrogens is 3. The van der Waals surface area contributed by atoms with Crippen molar-refractivity contribution in [3.05, 3.63) is 185 Å². The molecule has 10 rings (SSSR count). The topological polar surface area (TPSA) is 38.7 Å². The van der Waals surface area contributed by atoms with Crippen LogP contribution in [0.25, 0.3) is 78.7 Å². The molecule has 0 bridgehead atoms. The second-order valence-electron chi connectivity index (χ2n) is 13.8. The molecule has 0 saturated carbocycles. The van der Waals surface area contributed by atoms with Gasteiger partial charge in [0.15, 0.2) is 17.5 Å². The molecule has 0 amide bonds. The van der Waals surface area contributed by atoms with E-state index in [1.165, 1.54) is 29.2 Å². The predicted octanol–water partition coefficient (Wildman–Crippen LogP) is 12.4. The van der Waals surface area contributed by atoms with Gasteiger partial charge in [-0.3, -0.25) is 0 Å². The highest BCUT2D eigenvalue weighted by molar-refractivity contribution is 5.91. The van der Waals surface area contributed by atoms with Crippen LogP contribution in [0.15, 0.2) is 157 Å². The van der Waals surface area contributed by atoms with Gasteiger partial charge in [0.1, 0.15) is 0 Å². The molecule has 0 saturated heterocycles. The average Bonchev–Trinajstić information content (AvgIpc) is 3.80. The van der Waals surface area contributed by atoms with Crippen molar-refractivity contribution in [2.45, 2.75) is 32.6 Å². The van der Waals surface area contributed by atoms with Gasteiger partial charge >= 0.3 is 0 Å². The SMILES string of the molecule is [2H]c1c([2H])c([2H])c(-c2nc(-c3c([2H])c([2H])c([2H])c(C)c3[2H])nc(-c3c([2H])c([2H])c([2H])c(-c4cccc5c4Cc4c(-c6ccc7c(c6)C(C)(C)c6ccccc6-7)cccc4-5)c3[2H])n2)c([2H])c1[2H]. The number of hydrogen-bond acceptors (Lipinski definition) is 3. The van der Waals surface area contributed by atoms with Gasteiger partial charge in [-0.05, 0) is 98.3 Å². The quantitative estimate of drug-likeness (QED) is 0.180. The molecule has 0 unspecified atom stereocenters. The largest absolute Gasteiger partial charge is 0.208 e. The Morgan fingerprint density at radius 1 is 0.472 bits per heavy atom. The van der Waals surface area contributed by atoms with E-state index in [9.17, 15) is 4.11 Å². The Balaban J connectivity index is 1.17. The fourth-order valence-electron chi connectivity index (χ4n) is 7.83. The molecule has 8 aromatic rings. The molecule has 0 spiro atoms. The van der Waals surface area contributed by atoms with Crippen molar-refractivity contribution in [1.29, 1.82) is 0 Å². The van der Waals surface area contributed by atoms with E-state index < -0.39 is 83.5 Å². The zero-order valence-corrected chi connectivity index (χ0v) is 29.1. The molecule has 1 heterocycles. The monoisotopic (exact) mass is 692 g/mol. The van der Waals surface area contributed by atoms with E-state index >= 15 is 0 Å². The number of benzene rings is 7. The summed E-state index contributed by atoms with van der Waals surface area (Å²) in [6.07, 6.45) is 0.427. The molecule has 3 nitrogen and oxygen atoms in total. The smallest absolute Gasteiger partial charge is 0.164 e. The van der Waals surface area contributed by atoms with Gasteiger partial charge in [-0.15, -0.1) is 0 Å². The first kappa shape index (κ1) is 20.6. The van der Waals surface area contributed by atoms with Crippen LogP contribution in [0.5, 0.6) is 0 Å². The lowest BCUT2D eigenvalue weighted by molar-refractivity contribution is 0.660. The van der Waals surface area contributed by atoms with Crippen LogP contribution in [0.2, 0.25) is 0 Å². The Morgan fingerprint density at radius 2 is 1.02 bits per heavy atom. The van der Waals surface area contributed by atoms with E-state index in [0.717, 1.165) is 33.4 Å². The van der Waals surface area contributed by atoms with E-state index in [2.05, 4.69) is 77.3 Å². The molecule has 2 aliphatic rings. The van der Waals surface area contributed by atoms with Crippen LogP contribution in [0.1, 0.15) is 59.5 Å². The molecule has 7 aromatic carbocycles. The van der Waals surface area contributed by atoms with E-state index in [0.29, 0.717) is 12.0 Å². The van der Waals surface area contributed by atoms with Crippen molar-refractivity contribution < 1.29 is 17.8 Å². The highest BCUT2D eigenvalue weighted by atomic mass is 15.0. The van der Waals surface area contributed by atoms with Gasteiger partial charge in [-0.2, -0.15) is 0 Å². The number of rotatable bonds is 5. The summed E-state index contributed by atoms with van der Waals surface area (Å²) in [6, 6.07) is 19.6. The Kier molecular flexibility index (Phi) is 4.68. The van der Waals surface area contributed by atoms with Crippen LogP contribution >= 0.6 is 0 Å². The van der Waals surface area contributed by atoms with Gasteiger partial charge in [-0.1, -0.05) is 159 Å². The average molecular weight is 693 g/mol.